The van der Waals surface area contributed by atoms with E-state index in [1.165, 1.54) is 7.11 Å². The van der Waals surface area contributed by atoms with Crippen molar-refractivity contribution in [1.29, 1.82) is 0 Å². The van der Waals surface area contributed by atoms with Gasteiger partial charge in [0.05, 0.1) is 20.6 Å². The van der Waals surface area contributed by atoms with E-state index >= 15 is 0 Å². The molecule has 0 radical (unpaired) electrons. The third-order valence-electron chi connectivity index (χ3n) is 4.89. The van der Waals surface area contributed by atoms with Crippen LogP contribution in [0.5, 0.6) is 11.5 Å². The molecule has 2 aromatic carbocycles. The number of ether oxygens (including phenoxy) is 2. The number of anilines is 1. The van der Waals surface area contributed by atoms with Gasteiger partial charge in [-0.25, -0.2) is 0 Å². The molecule has 148 valence electrons. The predicted octanol–water partition coefficient (Wildman–Crippen LogP) is 1.81. The van der Waals surface area contributed by atoms with Gasteiger partial charge in [0.2, 0.25) is 5.91 Å². The molecule has 0 unspecified atom stereocenters. The second-order valence-corrected chi connectivity index (χ2v) is 6.66. The van der Waals surface area contributed by atoms with Crippen LogP contribution in [0, 0.1) is 0 Å². The Morgan fingerprint density at radius 1 is 0.893 bits per heavy atom. The van der Waals surface area contributed by atoms with Gasteiger partial charge in [-0.1, -0.05) is 12.1 Å². The van der Waals surface area contributed by atoms with Crippen LogP contribution in [0.25, 0.3) is 0 Å². The van der Waals surface area contributed by atoms with Crippen LogP contribution in [-0.2, 0) is 11.2 Å². The van der Waals surface area contributed by atoms with Crippen LogP contribution in [0.15, 0.2) is 42.5 Å². The summed E-state index contributed by atoms with van der Waals surface area (Å²) in [6.07, 6.45) is 0.337. The van der Waals surface area contributed by atoms with Crippen molar-refractivity contribution in [2.45, 2.75) is 6.42 Å². The summed E-state index contributed by atoms with van der Waals surface area (Å²) in [5, 5.41) is 0. The zero-order chi connectivity index (χ0) is 20.1. The van der Waals surface area contributed by atoms with Gasteiger partial charge in [-0.05, 0) is 35.9 Å². The lowest BCUT2D eigenvalue weighted by molar-refractivity contribution is -0.131. The van der Waals surface area contributed by atoms with Crippen molar-refractivity contribution in [3.63, 3.8) is 0 Å². The molecular weight excluding hydrogens is 358 g/mol. The molecule has 0 aromatic heterocycles. The predicted molar refractivity (Wildman–Crippen MR) is 107 cm³/mol. The van der Waals surface area contributed by atoms with E-state index in [4.69, 9.17) is 15.2 Å². The Bertz CT molecular complexity index is 843. The summed E-state index contributed by atoms with van der Waals surface area (Å²) in [6, 6.07) is 12.4. The number of benzene rings is 2. The summed E-state index contributed by atoms with van der Waals surface area (Å²) in [6.45, 7) is 2.04. The fraction of sp³-hybridized carbons (Fsp3) is 0.333. The van der Waals surface area contributed by atoms with E-state index in [9.17, 15) is 9.59 Å². The molecule has 2 aromatic rings. The average Bonchev–Trinajstić information content (AvgIpc) is 2.74. The summed E-state index contributed by atoms with van der Waals surface area (Å²) in [7, 11) is 3.09. The van der Waals surface area contributed by atoms with Gasteiger partial charge in [-0.2, -0.15) is 0 Å². The Labute approximate surface area is 164 Å². The topological polar surface area (TPSA) is 85.1 Å². The summed E-state index contributed by atoms with van der Waals surface area (Å²) < 4.78 is 10.5. The summed E-state index contributed by atoms with van der Waals surface area (Å²) in [4.78, 5) is 28.9. The monoisotopic (exact) mass is 383 g/mol. The normalized spacial score (nSPS) is 13.9. The maximum atomic E-state index is 12.8. The van der Waals surface area contributed by atoms with Crippen LogP contribution in [-0.4, -0.2) is 62.0 Å². The number of hydrogen-bond donors (Lipinski definition) is 1. The highest BCUT2D eigenvalue weighted by atomic mass is 16.5. The van der Waals surface area contributed by atoms with Gasteiger partial charge in [0, 0.05) is 37.4 Å². The molecule has 1 heterocycles. The quantitative estimate of drug-likeness (QED) is 0.796. The third-order valence-corrected chi connectivity index (χ3v) is 4.89. The number of nitrogens with zero attached hydrogens (tertiary/aromatic N) is 2. The number of carbonyl (C=O) groups is 2. The van der Waals surface area contributed by atoms with Crippen LogP contribution in [0.4, 0.5) is 5.69 Å². The van der Waals surface area contributed by atoms with Crippen LogP contribution in [0.3, 0.4) is 0 Å². The lowest BCUT2D eigenvalue weighted by Gasteiger charge is -2.35. The van der Waals surface area contributed by atoms with Crippen LogP contribution in [0.1, 0.15) is 15.9 Å². The van der Waals surface area contributed by atoms with Crippen LogP contribution >= 0.6 is 0 Å². The summed E-state index contributed by atoms with van der Waals surface area (Å²) in [5.74, 6) is 1.08. The van der Waals surface area contributed by atoms with E-state index in [1.807, 2.05) is 12.1 Å². The van der Waals surface area contributed by atoms with Crippen molar-refractivity contribution < 1.29 is 19.1 Å². The molecular formula is C21H25N3O4. The lowest BCUT2D eigenvalue weighted by Crippen LogP contribution is -2.51. The number of amides is 2. The van der Waals surface area contributed by atoms with E-state index in [0.717, 1.165) is 5.56 Å². The van der Waals surface area contributed by atoms with Gasteiger partial charge < -0.3 is 25.0 Å². The van der Waals surface area contributed by atoms with Crippen molar-refractivity contribution in [1.82, 2.24) is 9.80 Å². The van der Waals surface area contributed by atoms with Crippen molar-refractivity contribution in [2.75, 3.05) is 46.1 Å². The molecule has 0 aliphatic carbocycles. The number of rotatable bonds is 5. The first-order valence-corrected chi connectivity index (χ1v) is 9.15. The third kappa shape index (κ3) is 4.36. The number of methoxy groups -OCH3 is 2. The molecule has 2 N–H and O–H groups in total. The minimum absolute atomic E-state index is 0.0583. The molecule has 0 saturated carbocycles. The number of carbonyl (C=O) groups excluding carboxylic acids is 2. The zero-order valence-corrected chi connectivity index (χ0v) is 16.2. The smallest absolute Gasteiger partial charge is 0.254 e. The largest absolute Gasteiger partial charge is 0.493 e. The maximum Gasteiger partial charge on any atom is 0.254 e. The fourth-order valence-electron chi connectivity index (χ4n) is 3.23. The first-order valence-electron chi connectivity index (χ1n) is 9.15. The first kappa shape index (κ1) is 19.5. The molecule has 0 bridgehead atoms. The van der Waals surface area contributed by atoms with Gasteiger partial charge in [0.15, 0.2) is 11.5 Å². The first-order chi connectivity index (χ1) is 13.5. The molecule has 28 heavy (non-hydrogen) atoms. The van der Waals surface area contributed by atoms with Gasteiger partial charge >= 0.3 is 0 Å². The highest BCUT2D eigenvalue weighted by molar-refractivity contribution is 5.95. The number of nitrogens with two attached hydrogens (primary N) is 1. The lowest BCUT2D eigenvalue weighted by atomic mass is 10.1. The molecule has 3 rings (SSSR count). The summed E-state index contributed by atoms with van der Waals surface area (Å²) in [5.41, 5.74) is 7.83. The van der Waals surface area contributed by atoms with Crippen molar-refractivity contribution >= 4 is 17.5 Å². The van der Waals surface area contributed by atoms with E-state index in [0.29, 0.717) is 55.3 Å². The fourth-order valence-corrected chi connectivity index (χ4v) is 3.23. The molecule has 7 heteroatoms. The number of nitrogen functional groups attached to an aromatic ring is 1. The van der Waals surface area contributed by atoms with Gasteiger partial charge in [-0.15, -0.1) is 0 Å². The van der Waals surface area contributed by atoms with Crippen molar-refractivity contribution in [3.8, 4) is 11.5 Å². The second kappa shape index (κ2) is 8.65. The number of hydrogen-bond acceptors (Lipinski definition) is 5. The molecule has 1 saturated heterocycles. The molecule has 1 fully saturated rings. The zero-order valence-electron chi connectivity index (χ0n) is 16.2. The highest BCUT2D eigenvalue weighted by Crippen LogP contribution is 2.28. The van der Waals surface area contributed by atoms with Crippen LogP contribution in [0.2, 0.25) is 0 Å². The Balaban J connectivity index is 1.58. The molecule has 1 aliphatic rings. The molecule has 0 atom stereocenters. The van der Waals surface area contributed by atoms with E-state index in [1.54, 1.807) is 47.2 Å². The standard InChI is InChI=1S/C21H25N3O4/c1-27-18-8-5-16(14-19(18)28-2)21(26)24-11-9-23(10-12-24)20(25)13-15-3-6-17(22)7-4-15/h3-8,14H,9-13,22H2,1-2H3. The molecule has 2 amide bonds. The van der Waals surface area contributed by atoms with E-state index < -0.39 is 0 Å². The van der Waals surface area contributed by atoms with E-state index in [-0.39, 0.29) is 11.8 Å². The van der Waals surface area contributed by atoms with Gasteiger partial charge in [-0.3, -0.25) is 9.59 Å². The maximum absolute atomic E-state index is 12.8. The van der Waals surface area contributed by atoms with Crippen molar-refractivity contribution in [2.24, 2.45) is 0 Å². The molecule has 0 spiro atoms. The minimum atomic E-state index is -0.0772. The van der Waals surface area contributed by atoms with Gasteiger partial charge in [0.1, 0.15) is 0 Å². The Kier molecular flexibility index (Phi) is 6.03. The average molecular weight is 383 g/mol. The Hall–Kier alpha value is -3.22. The SMILES string of the molecule is COc1ccc(C(=O)N2CCN(C(=O)Cc3ccc(N)cc3)CC2)cc1OC. The Morgan fingerprint density at radius 2 is 1.50 bits per heavy atom. The molecule has 1 aliphatic heterocycles. The summed E-state index contributed by atoms with van der Waals surface area (Å²) >= 11 is 0. The minimum Gasteiger partial charge on any atom is -0.493 e. The van der Waals surface area contributed by atoms with Gasteiger partial charge in [0.25, 0.3) is 5.91 Å². The van der Waals surface area contributed by atoms with E-state index in [2.05, 4.69) is 0 Å². The van der Waals surface area contributed by atoms with Crippen molar-refractivity contribution in [3.05, 3.63) is 53.6 Å². The number of piperazine rings is 1. The highest BCUT2D eigenvalue weighted by Gasteiger charge is 2.25. The van der Waals surface area contributed by atoms with Crippen LogP contribution < -0.4 is 15.2 Å². The second-order valence-electron chi connectivity index (χ2n) is 6.66. The molecule has 7 nitrogen and oxygen atoms in total. The Morgan fingerprint density at radius 3 is 2.11 bits per heavy atom.